The van der Waals surface area contributed by atoms with Crippen LogP contribution in [0.1, 0.15) is 86.8 Å². The number of rotatable bonds is 4. The number of benzene rings is 1. The van der Waals surface area contributed by atoms with Crippen molar-refractivity contribution in [1.29, 1.82) is 0 Å². The summed E-state index contributed by atoms with van der Waals surface area (Å²) in [4.78, 5) is 13.0. The first-order valence-electron chi connectivity index (χ1n) is 9.33. The summed E-state index contributed by atoms with van der Waals surface area (Å²) < 4.78 is 5.75. The zero-order valence-corrected chi connectivity index (χ0v) is 18.0. The molecule has 0 saturated heterocycles. The molecule has 0 spiro atoms. The highest BCUT2D eigenvalue weighted by Crippen LogP contribution is 2.47. The molecule has 0 bridgehead atoms. The van der Waals surface area contributed by atoms with Gasteiger partial charge < -0.3 is 4.74 Å². The lowest BCUT2D eigenvalue weighted by atomic mass is 9.61. The molecule has 1 aromatic rings. The van der Waals surface area contributed by atoms with Gasteiger partial charge in [0.1, 0.15) is 6.61 Å². The molecule has 1 atom stereocenters. The van der Waals surface area contributed by atoms with E-state index in [9.17, 15) is 4.79 Å². The predicted octanol–water partition coefficient (Wildman–Crippen LogP) is 6.52. The van der Waals surface area contributed by atoms with Gasteiger partial charge in [-0.05, 0) is 40.7 Å². The maximum absolute atomic E-state index is 13.0. The van der Waals surface area contributed by atoms with Crippen LogP contribution in [0.2, 0.25) is 0 Å². The molecular formula is C23H38O2. The zero-order chi connectivity index (χ0) is 19.7. The van der Waals surface area contributed by atoms with Crippen molar-refractivity contribution in [3.8, 4) is 0 Å². The van der Waals surface area contributed by atoms with Crippen LogP contribution in [-0.2, 0) is 21.6 Å². The minimum Gasteiger partial charge on any atom is -0.460 e. The van der Waals surface area contributed by atoms with E-state index in [1.807, 2.05) is 6.92 Å². The molecule has 0 aliphatic rings. The fraction of sp³-hybridized carbons (Fsp3) is 0.696. The van der Waals surface area contributed by atoms with Gasteiger partial charge in [0.25, 0.3) is 0 Å². The van der Waals surface area contributed by atoms with Gasteiger partial charge in [-0.25, -0.2) is 0 Å². The van der Waals surface area contributed by atoms with Crippen LogP contribution < -0.4 is 0 Å². The molecule has 142 valence electrons. The van der Waals surface area contributed by atoms with Crippen molar-refractivity contribution in [2.45, 2.75) is 87.7 Å². The highest BCUT2D eigenvalue weighted by Gasteiger charge is 2.47. The van der Waals surface area contributed by atoms with Crippen LogP contribution in [0.3, 0.4) is 0 Å². The minimum atomic E-state index is -0.517. The third-order valence-corrected chi connectivity index (χ3v) is 5.18. The number of hydrogen-bond acceptors (Lipinski definition) is 2. The van der Waals surface area contributed by atoms with Gasteiger partial charge in [-0.2, -0.15) is 0 Å². The molecule has 0 aromatic heterocycles. The molecule has 0 heterocycles. The second-order valence-corrected chi connectivity index (χ2v) is 10.8. The summed E-state index contributed by atoms with van der Waals surface area (Å²) in [5.41, 5.74) is 1.84. The normalized spacial score (nSPS) is 15.6. The summed E-state index contributed by atoms with van der Waals surface area (Å²) in [5, 5.41) is 0. The molecule has 2 nitrogen and oxygen atoms in total. The van der Waals surface area contributed by atoms with Crippen molar-refractivity contribution in [2.24, 2.45) is 16.2 Å². The monoisotopic (exact) mass is 346 g/mol. The van der Waals surface area contributed by atoms with E-state index in [2.05, 4.69) is 86.6 Å². The quantitative estimate of drug-likeness (QED) is 0.580. The Kier molecular flexibility index (Phi) is 6.20. The largest absolute Gasteiger partial charge is 0.460 e. The molecule has 0 saturated carbocycles. The number of ether oxygens (including phenoxy) is 1. The molecule has 0 fully saturated rings. The number of carbonyl (C=O) groups excluding carboxylic acids is 1. The Balaban J connectivity index is 2.88. The number of esters is 1. The van der Waals surface area contributed by atoms with Gasteiger partial charge in [0.2, 0.25) is 0 Å². The van der Waals surface area contributed by atoms with Crippen molar-refractivity contribution >= 4 is 5.97 Å². The van der Waals surface area contributed by atoms with Crippen molar-refractivity contribution < 1.29 is 9.53 Å². The third kappa shape index (κ3) is 5.87. The maximum atomic E-state index is 13.0. The van der Waals surface area contributed by atoms with Gasteiger partial charge in [-0.15, -0.1) is 0 Å². The maximum Gasteiger partial charge on any atom is 0.312 e. The van der Waals surface area contributed by atoms with E-state index in [1.54, 1.807) is 0 Å². The fourth-order valence-corrected chi connectivity index (χ4v) is 3.11. The van der Waals surface area contributed by atoms with Crippen LogP contribution in [-0.4, -0.2) is 5.97 Å². The molecule has 0 radical (unpaired) electrons. The Bertz CT molecular complexity index is 576. The molecule has 1 rings (SSSR count). The Morgan fingerprint density at radius 2 is 1.32 bits per heavy atom. The van der Waals surface area contributed by atoms with Crippen LogP contribution in [0, 0.1) is 16.2 Å². The highest BCUT2D eigenvalue weighted by atomic mass is 16.5. The minimum absolute atomic E-state index is 0.0649. The molecule has 0 N–H and O–H groups in total. The summed E-state index contributed by atoms with van der Waals surface area (Å²) >= 11 is 0. The van der Waals surface area contributed by atoms with Crippen molar-refractivity contribution in [3.05, 3.63) is 35.4 Å². The zero-order valence-electron chi connectivity index (χ0n) is 18.0. The van der Waals surface area contributed by atoms with E-state index in [0.717, 1.165) is 12.0 Å². The fourth-order valence-electron chi connectivity index (χ4n) is 3.11. The van der Waals surface area contributed by atoms with Gasteiger partial charge in [-0.3, -0.25) is 4.79 Å². The van der Waals surface area contributed by atoms with Crippen LogP contribution in [0.15, 0.2) is 24.3 Å². The lowest BCUT2D eigenvalue weighted by Crippen LogP contribution is -2.44. The van der Waals surface area contributed by atoms with Crippen LogP contribution in [0.5, 0.6) is 0 Å². The van der Waals surface area contributed by atoms with Gasteiger partial charge in [0, 0.05) is 0 Å². The van der Waals surface area contributed by atoms with Gasteiger partial charge >= 0.3 is 5.97 Å². The first kappa shape index (κ1) is 21.7. The van der Waals surface area contributed by atoms with Crippen molar-refractivity contribution in [3.63, 3.8) is 0 Å². The molecule has 1 aromatic carbocycles. The summed E-state index contributed by atoms with van der Waals surface area (Å²) in [6, 6.07) is 8.38. The second kappa shape index (κ2) is 7.13. The number of carbonyl (C=O) groups is 1. The van der Waals surface area contributed by atoms with Crippen LogP contribution >= 0.6 is 0 Å². The van der Waals surface area contributed by atoms with Gasteiger partial charge in [-0.1, -0.05) is 86.6 Å². The number of hydrogen-bond donors (Lipinski definition) is 0. The lowest BCUT2D eigenvalue weighted by Gasteiger charge is -2.43. The SMILES string of the molecule is CC(C)(C)CC(C)(C(=O)OCc1ccc(C(C)(C)C)cc1)C(C)(C)C. The van der Waals surface area contributed by atoms with E-state index in [-0.39, 0.29) is 22.2 Å². The third-order valence-electron chi connectivity index (χ3n) is 5.18. The predicted molar refractivity (Wildman–Crippen MR) is 107 cm³/mol. The molecule has 0 aliphatic heterocycles. The van der Waals surface area contributed by atoms with Crippen molar-refractivity contribution in [1.82, 2.24) is 0 Å². The Morgan fingerprint density at radius 1 is 0.840 bits per heavy atom. The first-order valence-corrected chi connectivity index (χ1v) is 9.33. The lowest BCUT2D eigenvalue weighted by molar-refractivity contribution is -0.166. The van der Waals surface area contributed by atoms with Gasteiger partial charge in [0.15, 0.2) is 0 Å². The van der Waals surface area contributed by atoms with E-state index in [0.29, 0.717) is 6.61 Å². The first-order chi connectivity index (χ1) is 11.1. The highest BCUT2D eigenvalue weighted by molar-refractivity contribution is 5.77. The van der Waals surface area contributed by atoms with E-state index >= 15 is 0 Å². The molecule has 0 aliphatic carbocycles. The Hall–Kier alpha value is -1.31. The van der Waals surface area contributed by atoms with Gasteiger partial charge in [0.05, 0.1) is 5.41 Å². The topological polar surface area (TPSA) is 26.3 Å². The van der Waals surface area contributed by atoms with E-state index < -0.39 is 5.41 Å². The molecule has 2 heteroatoms. The Morgan fingerprint density at radius 3 is 1.68 bits per heavy atom. The molecule has 0 amide bonds. The van der Waals surface area contributed by atoms with E-state index in [1.165, 1.54) is 5.56 Å². The Labute approximate surface area is 155 Å². The summed E-state index contributed by atoms with van der Waals surface area (Å²) in [6.07, 6.45) is 0.797. The van der Waals surface area contributed by atoms with Crippen molar-refractivity contribution in [2.75, 3.05) is 0 Å². The average Bonchev–Trinajstić information content (AvgIpc) is 2.41. The molecular weight excluding hydrogens is 308 g/mol. The molecule has 25 heavy (non-hydrogen) atoms. The second-order valence-electron chi connectivity index (χ2n) is 10.8. The van der Waals surface area contributed by atoms with Crippen LogP contribution in [0.4, 0.5) is 0 Å². The standard InChI is InChI=1S/C23H38O2/c1-20(2,3)16-23(10,22(7,8)9)19(24)25-15-17-11-13-18(14-12-17)21(4,5)6/h11-14H,15-16H2,1-10H3. The summed E-state index contributed by atoms with van der Waals surface area (Å²) in [5.74, 6) is -0.102. The summed E-state index contributed by atoms with van der Waals surface area (Å²) in [6.45, 7) is 21.9. The smallest absolute Gasteiger partial charge is 0.312 e. The van der Waals surface area contributed by atoms with Crippen LogP contribution in [0.25, 0.3) is 0 Å². The summed E-state index contributed by atoms with van der Waals surface area (Å²) in [7, 11) is 0. The molecule has 1 unspecified atom stereocenters. The average molecular weight is 347 g/mol. The van der Waals surface area contributed by atoms with E-state index in [4.69, 9.17) is 4.74 Å².